The molecule has 0 amide bonds. The zero-order valence-corrected chi connectivity index (χ0v) is 13.0. The third-order valence-electron chi connectivity index (χ3n) is 3.15. The van der Waals surface area contributed by atoms with Gasteiger partial charge in [-0.2, -0.15) is 11.8 Å². The molecule has 2 nitrogen and oxygen atoms in total. The Labute approximate surface area is 120 Å². The highest BCUT2D eigenvalue weighted by atomic mass is 79.9. The number of thioether (sulfide) groups is 1. The van der Waals surface area contributed by atoms with E-state index in [0.29, 0.717) is 6.04 Å². The first kappa shape index (κ1) is 13.9. The molecule has 5 heteroatoms. The molecule has 1 aliphatic carbocycles. The monoisotopic (exact) mass is 334 g/mol. The van der Waals surface area contributed by atoms with Gasteiger partial charge in [0, 0.05) is 21.9 Å². The van der Waals surface area contributed by atoms with E-state index in [-0.39, 0.29) is 0 Å². The Morgan fingerprint density at radius 3 is 2.82 bits per heavy atom. The summed E-state index contributed by atoms with van der Waals surface area (Å²) in [5, 5.41) is 0.876. The molecule has 1 aromatic heterocycles. The number of halogens is 1. The molecular formula is C12H19BrN2S2. The predicted molar refractivity (Wildman–Crippen MR) is 81.5 cm³/mol. The molecule has 17 heavy (non-hydrogen) atoms. The Bertz CT molecular complexity index is 337. The van der Waals surface area contributed by atoms with Gasteiger partial charge in [0.15, 0.2) is 0 Å². The fourth-order valence-corrected chi connectivity index (χ4v) is 5.13. The van der Waals surface area contributed by atoms with E-state index in [1.165, 1.54) is 34.3 Å². The SMILES string of the molecule is NNC(CSC1CCCC1)Cc1ccc(Br)s1. The summed E-state index contributed by atoms with van der Waals surface area (Å²) in [6.07, 6.45) is 6.65. The first-order valence-corrected chi connectivity index (χ1v) is 8.75. The Morgan fingerprint density at radius 1 is 1.47 bits per heavy atom. The van der Waals surface area contributed by atoms with Crippen molar-refractivity contribution in [1.82, 2.24) is 5.43 Å². The molecule has 96 valence electrons. The number of hydrogen-bond donors (Lipinski definition) is 2. The molecule has 0 radical (unpaired) electrons. The van der Waals surface area contributed by atoms with Crippen molar-refractivity contribution in [3.63, 3.8) is 0 Å². The van der Waals surface area contributed by atoms with Crippen LogP contribution in [0.4, 0.5) is 0 Å². The molecule has 2 rings (SSSR count). The molecule has 0 spiro atoms. The molecular weight excluding hydrogens is 316 g/mol. The molecule has 1 aromatic rings. The molecule has 0 bridgehead atoms. The molecule has 1 unspecified atom stereocenters. The van der Waals surface area contributed by atoms with Gasteiger partial charge in [0.1, 0.15) is 0 Å². The largest absolute Gasteiger partial charge is 0.271 e. The first-order valence-electron chi connectivity index (χ1n) is 6.10. The molecule has 0 aliphatic heterocycles. The van der Waals surface area contributed by atoms with E-state index in [9.17, 15) is 0 Å². The number of nitrogens with one attached hydrogen (secondary N) is 1. The second-order valence-electron chi connectivity index (χ2n) is 4.51. The van der Waals surface area contributed by atoms with Crippen molar-refractivity contribution in [1.29, 1.82) is 0 Å². The topological polar surface area (TPSA) is 38.0 Å². The molecule has 0 aromatic carbocycles. The van der Waals surface area contributed by atoms with Crippen molar-refractivity contribution in [2.75, 3.05) is 5.75 Å². The second kappa shape index (κ2) is 7.14. The van der Waals surface area contributed by atoms with Crippen LogP contribution in [0, 0.1) is 0 Å². The van der Waals surface area contributed by atoms with E-state index in [1.807, 2.05) is 0 Å². The van der Waals surface area contributed by atoms with E-state index in [4.69, 9.17) is 5.84 Å². The highest BCUT2D eigenvalue weighted by Gasteiger charge is 2.17. The number of rotatable bonds is 6. The summed E-state index contributed by atoms with van der Waals surface area (Å²) in [6.45, 7) is 0. The lowest BCUT2D eigenvalue weighted by Crippen LogP contribution is -2.38. The molecule has 1 atom stereocenters. The molecule has 0 saturated heterocycles. The third-order valence-corrected chi connectivity index (χ3v) is 6.33. The Balaban J connectivity index is 1.75. The van der Waals surface area contributed by atoms with Crippen LogP contribution in [0.1, 0.15) is 30.6 Å². The smallest absolute Gasteiger partial charge is 0.0701 e. The normalized spacial score (nSPS) is 18.7. The Morgan fingerprint density at radius 2 is 2.24 bits per heavy atom. The predicted octanol–water partition coefficient (Wildman–Crippen LogP) is 3.56. The summed E-state index contributed by atoms with van der Waals surface area (Å²) >= 11 is 7.39. The van der Waals surface area contributed by atoms with Crippen molar-refractivity contribution >= 4 is 39.0 Å². The highest BCUT2D eigenvalue weighted by molar-refractivity contribution is 9.11. The lowest BCUT2D eigenvalue weighted by molar-refractivity contribution is 0.578. The van der Waals surface area contributed by atoms with Gasteiger partial charge in [-0.05, 0) is 47.3 Å². The summed E-state index contributed by atoms with van der Waals surface area (Å²) in [7, 11) is 0. The van der Waals surface area contributed by atoms with Crippen LogP contribution in [0.3, 0.4) is 0 Å². The van der Waals surface area contributed by atoms with Gasteiger partial charge in [0.05, 0.1) is 3.79 Å². The van der Waals surface area contributed by atoms with Gasteiger partial charge < -0.3 is 0 Å². The summed E-state index contributed by atoms with van der Waals surface area (Å²) in [5.74, 6) is 6.76. The maximum atomic E-state index is 5.64. The number of hydrogen-bond acceptors (Lipinski definition) is 4. The Hall–Kier alpha value is 0.450. The molecule has 1 fully saturated rings. The fourth-order valence-electron chi connectivity index (χ4n) is 2.18. The minimum Gasteiger partial charge on any atom is -0.271 e. The maximum Gasteiger partial charge on any atom is 0.0701 e. The van der Waals surface area contributed by atoms with Crippen LogP contribution < -0.4 is 11.3 Å². The van der Waals surface area contributed by atoms with E-state index in [0.717, 1.165) is 17.4 Å². The van der Waals surface area contributed by atoms with Crippen LogP contribution in [0.2, 0.25) is 0 Å². The molecule has 1 saturated carbocycles. The van der Waals surface area contributed by atoms with E-state index < -0.39 is 0 Å². The zero-order valence-electron chi connectivity index (χ0n) is 9.82. The lowest BCUT2D eigenvalue weighted by Gasteiger charge is -2.17. The lowest BCUT2D eigenvalue weighted by atomic mass is 10.2. The number of hydrazine groups is 1. The quantitative estimate of drug-likeness (QED) is 0.617. The summed E-state index contributed by atoms with van der Waals surface area (Å²) in [4.78, 5) is 1.40. The minimum absolute atomic E-state index is 0.395. The standard InChI is InChI=1S/C12H19BrN2S2/c13-12-6-5-11(17-12)7-9(15-14)8-16-10-3-1-2-4-10/h5-6,9-10,15H,1-4,7-8,14H2. The van der Waals surface area contributed by atoms with Gasteiger partial charge in [0.2, 0.25) is 0 Å². The maximum absolute atomic E-state index is 5.64. The van der Waals surface area contributed by atoms with Crippen LogP contribution in [-0.2, 0) is 6.42 Å². The van der Waals surface area contributed by atoms with Crippen LogP contribution in [0.15, 0.2) is 15.9 Å². The van der Waals surface area contributed by atoms with Crippen molar-refractivity contribution < 1.29 is 0 Å². The van der Waals surface area contributed by atoms with Crippen LogP contribution in [0.25, 0.3) is 0 Å². The van der Waals surface area contributed by atoms with E-state index in [1.54, 1.807) is 11.3 Å². The second-order valence-corrected chi connectivity index (χ2v) is 8.39. The van der Waals surface area contributed by atoms with Crippen LogP contribution >= 0.6 is 39.0 Å². The van der Waals surface area contributed by atoms with Crippen molar-refractivity contribution in [3.05, 3.63) is 20.8 Å². The summed E-state index contributed by atoms with van der Waals surface area (Å²) in [5.41, 5.74) is 2.95. The van der Waals surface area contributed by atoms with Gasteiger partial charge in [-0.3, -0.25) is 11.3 Å². The van der Waals surface area contributed by atoms with Crippen LogP contribution in [-0.4, -0.2) is 17.0 Å². The third kappa shape index (κ3) is 4.56. The first-order chi connectivity index (χ1) is 8.28. The van der Waals surface area contributed by atoms with Gasteiger partial charge in [-0.1, -0.05) is 12.8 Å². The Kier molecular flexibility index (Phi) is 5.83. The highest BCUT2D eigenvalue weighted by Crippen LogP contribution is 2.30. The summed E-state index contributed by atoms with van der Waals surface area (Å²) < 4.78 is 1.20. The minimum atomic E-state index is 0.395. The average molecular weight is 335 g/mol. The van der Waals surface area contributed by atoms with E-state index >= 15 is 0 Å². The van der Waals surface area contributed by atoms with Gasteiger partial charge in [0.25, 0.3) is 0 Å². The fraction of sp³-hybridized carbons (Fsp3) is 0.667. The number of nitrogens with two attached hydrogens (primary N) is 1. The van der Waals surface area contributed by atoms with Crippen molar-refractivity contribution in [3.8, 4) is 0 Å². The van der Waals surface area contributed by atoms with E-state index in [2.05, 4.69) is 45.3 Å². The zero-order chi connectivity index (χ0) is 12.1. The van der Waals surface area contributed by atoms with Gasteiger partial charge in [-0.15, -0.1) is 11.3 Å². The number of thiophene rings is 1. The average Bonchev–Trinajstić information content (AvgIpc) is 2.96. The van der Waals surface area contributed by atoms with Crippen LogP contribution in [0.5, 0.6) is 0 Å². The van der Waals surface area contributed by atoms with Crippen molar-refractivity contribution in [2.24, 2.45) is 5.84 Å². The molecule has 3 N–H and O–H groups in total. The van der Waals surface area contributed by atoms with Gasteiger partial charge >= 0.3 is 0 Å². The van der Waals surface area contributed by atoms with Crippen molar-refractivity contribution in [2.45, 2.75) is 43.4 Å². The molecule has 1 aliphatic rings. The molecule has 1 heterocycles. The van der Waals surface area contributed by atoms with Gasteiger partial charge in [-0.25, -0.2) is 0 Å². The summed E-state index contributed by atoms with van der Waals surface area (Å²) in [6, 6.07) is 4.68.